The molecule has 3 aromatic rings. The van der Waals surface area contributed by atoms with Crippen LogP contribution in [0.5, 0.6) is 0 Å². The number of imidazole rings is 1. The second-order valence-corrected chi connectivity index (χ2v) is 5.45. The van der Waals surface area contributed by atoms with Crippen LogP contribution in [0, 0.1) is 11.3 Å². The number of nitrogens with zero attached hydrogens (tertiary/aromatic N) is 4. The van der Waals surface area contributed by atoms with Crippen molar-refractivity contribution in [2.75, 3.05) is 0 Å². The molecule has 1 atom stereocenters. The van der Waals surface area contributed by atoms with Gasteiger partial charge in [0.1, 0.15) is 0 Å². The molecule has 0 spiro atoms. The fraction of sp³-hybridized carbons (Fsp3) is 0.200. The molecule has 1 N–H and O–H groups in total. The van der Waals surface area contributed by atoms with Crippen molar-refractivity contribution in [1.29, 1.82) is 5.26 Å². The summed E-state index contributed by atoms with van der Waals surface area (Å²) >= 11 is 6.21. The third kappa shape index (κ3) is 2.24. The summed E-state index contributed by atoms with van der Waals surface area (Å²) in [7, 11) is 1.50. The average Bonchev–Trinajstić information content (AvgIpc) is 2.90. The van der Waals surface area contributed by atoms with Crippen molar-refractivity contribution in [3.8, 4) is 6.07 Å². The van der Waals surface area contributed by atoms with E-state index in [1.807, 2.05) is 6.92 Å². The van der Waals surface area contributed by atoms with Crippen LogP contribution in [0.4, 0.5) is 0 Å². The molecule has 7 nitrogen and oxygen atoms in total. The van der Waals surface area contributed by atoms with Gasteiger partial charge in [-0.3, -0.25) is 14.3 Å². The standard InChI is InChI=1S/C15H12ClN5O2/c1-8(10-6-4-3-5-9(10)7-17)21-11-12(18-14(21)16)20(2)15(23)19-13(11)22/h3-6,8H,1-2H3,(H,19,22,23). The SMILES string of the molecule is CC(c1ccccc1C#N)n1c(Cl)nc2c1c(=O)[nH]c(=O)n2C. The highest BCUT2D eigenvalue weighted by Gasteiger charge is 2.22. The summed E-state index contributed by atoms with van der Waals surface area (Å²) in [5.41, 5.74) is 0.462. The van der Waals surface area contributed by atoms with E-state index in [1.165, 1.54) is 16.2 Å². The van der Waals surface area contributed by atoms with E-state index in [1.54, 1.807) is 24.3 Å². The molecule has 0 bridgehead atoms. The van der Waals surface area contributed by atoms with Crippen LogP contribution in [0.1, 0.15) is 24.1 Å². The first kappa shape index (κ1) is 15.1. The summed E-state index contributed by atoms with van der Waals surface area (Å²) in [5, 5.41) is 9.34. The molecule has 0 aliphatic rings. The predicted octanol–water partition coefficient (Wildman–Crippen LogP) is 1.56. The van der Waals surface area contributed by atoms with E-state index in [-0.39, 0.29) is 16.4 Å². The molecule has 116 valence electrons. The molecular weight excluding hydrogens is 318 g/mol. The highest BCUT2D eigenvalue weighted by atomic mass is 35.5. The van der Waals surface area contributed by atoms with Gasteiger partial charge in [0.05, 0.1) is 17.7 Å². The number of benzene rings is 1. The van der Waals surface area contributed by atoms with E-state index < -0.39 is 17.3 Å². The minimum Gasteiger partial charge on any atom is -0.301 e. The summed E-state index contributed by atoms with van der Waals surface area (Å²) in [6.45, 7) is 1.81. The maximum atomic E-state index is 12.2. The fourth-order valence-electron chi connectivity index (χ4n) is 2.63. The molecule has 0 amide bonds. The lowest BCUT2D eigenvalue weighted by Gasteiger charge is -2.16. The van der Waals surface area contributed by atoms with Gasteiger partial charge in [-0.2, -0.15) is 10.2 Å². The average molecular weight is 330 g/mol. The van der Waals surface area contributed by atoms with Gasteiger partial charge in [-0.15, -0.1) is 0 Å². The number of fused-ring (bicyclic) bond motifs is 1. The first-order valence-electron chi connectivity index (χ1n) is 6.81. The molecule has 0 radical (unpaired) electrons. The van der Waals surface area contributed by atoms with Crippen LogP contribution >= 0.6 is 11.6 Å². The molecule has 2 heterocycles. The lowest BCUT2D eigenvalue weighted by atomic mass is 10.0. The first-order chi connectivity index (χ1) is 11.0. The molecule has 1 aromatic carbocycles. The summed E-state index contributed by atoms with van der Waals surface area (Å²) in [5.74, 6) is 0. The zero-order chi connectivity index (χ0) is 16.7. The van der Waals surface area contributed by atoms with Crippen molar-refractivity contribution in [1.82, 2.24) is 19.1 Å². The van der Waals surface area contributed by atoms with Gasteiger partial charge in [0, 0.05) is 7.05 Å². The summed E-state index contributed by atoms with van der Waals surface area (Å²) < 4.78 is 2.74. The zero-order valence-electron chi connectivity index (χ0n) is 12.4. The van der Waals surface area contributed by atoms with E-state index in [0.29, 0.717) is 11.1 Å². The van der Waals surface area contributed by atoms with E-state index in [0.717, 1.165) is 0 Å². The van der Waals surface area contributed by atoms with Gasteiger partial charge in [0.2, 0.25) is 5.28 Å². The van der Waals surface area contributed by atoms with E-state index >= 15 is 0 Å². The number of hydrogen-bond acceptors (Lipinski definition) is 4. The Morgan fingerprint density at radius 2 is 2.04 bits per heavy atom. The van der Waals surface area contributed by atoms with Crippen molar-refractivity contribution < 1.29 is 0 Å². The third-order valence-electron chi connectivity index (χ3n) is 3.83. The van der Waals surface area contributed by atoms with Crippen LogP contribution < -0.4 is 11.2 Å². The molecule has 0 fully saturated rings. The van der Waals surface area contributed by atoms with Crippen LogP contribution in [0.3, 0.4) is 0 Å². The van der Waals surface area contributed by atoms with Gasteiger partial charge < -0.3 is 4.57 Å². The van der Waals surface area contributed by atoms with Gasteiger partial charge in [-0.1, -0.05) is 18.2 Å². The molecule has 0 saturated heterocycles. The third-order valence-corrected chi connectivity index (χ3v) is 4.09. The number of aromatic nitrogens is 4. The Morgan fingerprint density at radius 3 is 2.74 bits per heavy atom. The molecule has 0 aliphatic heterocycles. The van der Waals surface area contributed by atoms with E-state index in [9.17, 15) is 14.9 Å². The number of nitriles is 1. The lowest BCUT2D eigenvalue weighted by molar-refractivity contribution is 0.654. The number of nitrogens with one attached hydrogen (secondary N) is 1. The minimum atomic E-state index is -0.566. The fourth-order valence-corrected chi connectivity index (χ4v) is 2.94. The highest BCUT2D eigenvalue weighted by Crippen LogP contribution is 2.27. The Morgan fingerprint density at radius 1 is 1.35 bits per heavy atom. The van der Waals surface area contributed by atoms with Crippen molar-refractivity contribution in [3.05, 3.63) is 61.5 Å². The molecule has 8 heteroatoms. The van der Waals surface area contributed by atoms with Crippen molar-refractivity contribution in [2.45, 2.75) is 13.0 Å². The number of halogens is 1. The second kappa shape index (κ2) is 5.41. The monoisotopic (exact) mass is 329 g/mol. The molecule has 1 unspecified atom stereocenters. The van der Waals surface area contributed by atoms with Crippen LogP contribution in [0.2, 0.25) is 5.28 Å². The normalized spacial score (nSPS) is 12.3. The molecule has 23 heavy (non-hydrogen) atoms. The van der Waals surface area contributed by atoms with Crippen LogP contribution in [0.25, 0.3) is 11.2 Å². The minimum absolute atomic E-state index is 0.0759. The predicted molar refractivity (Wildman–Crippen MR) is 85.6 cm³/mol. The van der Waals surface area contributed by atoms with E-state index in [4.69, 9.17) is 11.6 Å². The molecule has 2 aromatic heterocycles. The van der Waals surface area contributed by atoms with E-state index in [2.05, 4.69) is 16.0 Å². The Labute approximate surface area is 135 Å². The number of aryl methyl sites for hydroxylation is 1. The second-order valence-electron chi connectivity index (χ2n) is 5.12. The van der Waals surface area contributed by atoms with Gasteiger partial charge in [0.25, 0.3) is 5.56 Å². The van der Waals surface area contributed by atoms with Crippen LogP contribution in [-0.4, -0.2) is 19.1 Å². The number of H-pyrrole nitrogens is 1. The lowest BCUT2D eigenvalue weighted by Crippen LogP contribution is -2.29. The maximum Gasteiger partial charge on any atom is 0.329 e. The van der Waals surface area contributed by atoms with Gasteiger partial charge in [-0.05, 0) is 30.2 Å². The smallest absolute Gasteiger partial charge is 0.301 e. The molecule has 3 rings (SSSR count). The quantitative estimate of drug-likeness (QED) is 0.721. The summed E-state index contributed by atoms with van der Waals surface area (Å²) in [6.07, 6.45) is 0. The van der Waals surface area contributed by atoms with Gasteiger partial charge in [-0.25, -0.2) is 4.79 Å². The Kier molecular flexibility index (Phi) is 3.54. The number of aromatic amines is 1. The van der Waals surface area contributed by atoms with Gasteiger partial charge in [0.15, 0.2) is 11.2 Å². The molecular formula is C15H12ClN5O2. The number of hydrogen-bond donors (Lipinski definition) is 1. The Hall–Kier alpha value is -2.85. The largest absolute Gasteiger partial charge is 0.329 e. The summed E-state index contributed by atoms with van der Waals surface area (Å²) in [4.78, 5) is 30.3. The van der Waals surface area contributed by atoms with Crippen molar-refractivity contribution in [3.63, 3.8) is 0 Å². The number of rotatable bonds is 2. The summed E-state index contributed by atoms with van der Waals surface area (Å²) in [6, 6.07) is 8.78. The van der Waals surface area contributed by atoms with Gasteiger partial charge >= 0.3 is 5.69 Å². The zero-order valence-corrected chi connectivity index (χ0v) is 13.1. The van der Waals surface area contributed by atoms with Crippen molar-refractivity contribution in [2.24, 2.45) is 7.05 Å². The first-order valence-corrected chi connectivity index (χ1v) is 7.19. The molecule has 0 aliphatic carbocycles. The Bertz CT molecular complexity index is 1070. The Balaban J connectivity index is 2.35. The topological polar surface area (TPSA) is 96.5 Å². The van der Waals surface area contributed by atoms with Crippen LogP contribution in [0.15, 0.2) is 33.9 Å². The molecule has 0 saturated carbocycles. The highest BCUT2D eigenvalue weighted by molar-refractivity contribution is 6.29. The maximum absolute atomic E-state index is 12.2. The van der Waals surface area contributed by atoms with Crippen molar-refractivity contribution >= 4 is 22.8 Å². The van der Waals surface area contributed by atoms with Crippen LogP contribution in [-0.2, 0) is 7.05 Å².